The molecule has 0 saturated carbocycles. The van der Waals surface area contributed by atoms with E-state index < -0.39 is 17.9 Å². The SMILES string of the molecule is CN(C)CCCNC(=O)C(=O)N[C@H]1C(=O)N(C)c2ccccc21. The number of hydrogen-bond acceptors (Lipinski definition) is 4. The van der Waals surface area contributed by atoms with E-state index in [0.29, 0.717) is 12.1 Å². The molecule has 1 aromatic carbocycles. The van der Waals surface area contributed by atoms with E-state index in [1.165, 1.54) is 4.90 Å². The van der Waals surface area contributed by atoms with Crippen molar-refractivity contribution in [3.8, 4) is 0 Å². The Balaban J connectivity index is 1.93. The van der Waals surface area contributed by atoms with Crippen molar-refractivity contribution in [2.24, 2.45) is 0 Å². The minimum Gasteiger partial charge on any atom is -0.348 e. The van der Waals surface area contributed by atoms with Crippen LogP contribution in [0.4, 0.5) is 5.69 Å². The van der Waals surface area contributed by atoms with Gasteiger partial charge in [-0.05, 0) is 33.1 Å². The van der Waals surface area contributed by atoms with E-state index in [9.17, 15) is 14.4 Å². The standard InChI is InChI=1S/C16H22N4O3/c1-19(2)10-6-9-17-14(21)15(22)18-13-11-7-4-5-8-12(11)20(3)16(13)23/h4-5,7-8,13H,6,9-10H2,1-3H3,(H,17,21)(H,18,22)/t13-/m1/s1. The highest BCUT2D eigenvalue weighted by atomic mass is 16.2. The third-order valence-corrected chi connectivity index (χ3v) is 3.74. The minimum atomic E-state index is -0.809. The van der Waals surface area contributed by atoms with Crippen molar-refractivity contribution in [3.63, 3.8) is 0 Å². The summed E-state index contributed by atoms with van der Waals surface area (Å²) in [6, 6.07) is 6.39. The third kappa shape index (κ3) is 3.87. The molecule has 124 valence electrons. The quantitative estimate of drug-likeness (QED) is 0.586. The number of nitrogens with zero attached hydrogens (tertiary/aromatic N) is 2. The number of fused-ring (bicyclic) bond motifs is 1. The summed E-state index contributed by atoms with van der Waals surface area (Å²) in [6.45, 7) is 1.24. The van der Waals surface area contributed by atoms with Gasteiger partial charge in [-0.1, -0.05) is 18.2 Å². The van der Waals surface area contributed by atoms with Crippen molar-refractivity contribution in [1.29, 1.82) is 0 Å². The van der Waals surface area contributed by atoms with Crippen LogP contribution in [0.1, 0.15) is 18.0 Å². The van der Waals surface area contributed by atoms with Gasteiger partial charge in [-0.15, -0.1) is 0 Å². The van der Waals surface area contributed by atoms with Crippen molar-refractivity contribution < 1.29 is 14.4 Å². The molecule has 0 aliphatic carbocycles. The summed E-state index contributed by atoms with van der Waals surface area (Å²) in [5.41, 5.74) is 1.45. The van der Waals surface area contributed by atoms with Crippen LogP contribution in [0.15, 0.2) is 24.3 Å². The second-order valence-electron chi connectivity index (χ2n) is 5.78. The summed E-state index contributed by atoms with van der Waals surface area (Å²) in [4.78, 5) is 39.5. The van der Waals surface area contributed by atoms with Gasteiger partial charge in [-0.2, -0.15) is 0 Å². The van der Waals surface area contributed by atoms with Gasteiger partial charge >= 0.3 is 11.8 Å². The Morgan fingerprint density at radius 3 is 2.61 bits per heavy atom. The van der Waals surface area contributed by atoms with Gasteiger partial charge in [0.25, 0.3) is 5.91 Å². The average molecular weight is 318 g/mol. The number of rotatable bonds is 5. The maximum atomic E-state index is 12.2. The zero-order chi connectivity index (χ0) is 17.0. The highest BCUT2D eigenvalue weighted by Gasteiger charge is 2.36. The predicted molar refractivity (Wildman–Crippen MR) is 86.9 cm³/mol. The van der Waals surface area contributed by atoms with Crippen LogP contribution >= 0.6 is 0 Å². The molecule has 2 rings (SSSR count). The topological polar surface area (TPSA) is 81.8 Å². The van der Waals surface area contributed by atoms with Gasteiger partial charge in [0, 0.05) is 24.8 Å². The van der Waals surface area contributed by atoms with Gasteiger partial charge in [0.15, 0.2) is 0 Å². The number of carbonyl (C=O) groups is 3. The molecule has 1 atom stereocenters. The van der Waals surface area contributed by atoms with Crippen molar-refractivity contribution >= 4 is 23.4 Å². The Morgan fingerprint density at radius 1 is 1.22 bits per heavy atom. The number of para-hydroxylation sites is 1. The fourth-order valence-electron chi connectivity index (χ4n) is 2.50. The van der Waals surface area contributed by atoms with Crippen LogP contribution in [-0.2, 0) is 14.4 Å². The van der Waals surface area contributed by atoms with Crippen molar-refractivity contribution in [2.45, 2.75) is 12.5 Å². The van der Waals surface area contributed by atoms with Crippen LogP contribution in [0.25, 0.3) is 0 Å². The zero-order valence-corrected chi connectivity index (χ0v) is 13.6. The van der Waals surface area contributed by atoms with Crippen LogP contribution in [0.3, 0.4) is 0 Å². The molecule has 0 radical (unpaired) electrons. The molecule has 0 spiro atoms. The molecule has 0 saturated heterocycles. The number of amides is 3. The number of hydrogen-bond donors (Lipinski definition) is 2. The monoisotopic (exact) mass is 318 g/mol. The molecule has 1 aliphatic heterocycles. The number of nitrogens with one attached hydrogen (secondary N) is 2. The molecule has 2 N–H and O–H groups in total. The highest BCUT2D eigenvalue weighted by molar-refractivity contribution is 6.35. The summed E-state index contributed by atoms with van der Waals surface area (Å²) in [6.07, 6.45) is 0.750. The molecular weight excluding hydrogens is 296 g/mol. The first-order valence-corrected chi connectivity index (χ1v) is 7.51. The van der Waals surface area contributed by atoms with E-state index in [1.54, 1.807) is 25.2 Å². The van der Waals surface area contributed by atoms with Crippen molar-refractivity contribution in [2.75, 3.05) is 39.1 Å². The van der Waals surface area contributed by atoms with Crippen LogP contribution in [0.5, 0.6) is 0 Å². The molecule has 1 aromatic rings. The number of anilines is 1. The third-order valence-electron chi connectivity index (χ3n) is 3.74. The summed E-state index contributed by atoms with van der Waals surface area (Å²) in [5, 5.41) is 5.07. The fourth-order valence-corrected chi connectivity index (χ4v) is 2.50. The van der Waals surface area contributed by atoms with E-state index in [1.807, 2.05) is 25.1 Å². The van der Waals surface area contributed by atoms with Crippen molar-refractivity contribution in [1.82, 2.24) is 15.5 Å². The number of carbonyl (C=O) groups excluding carboxylic acids is 3. The van der Waals surface area contributed by atoms with Gasteiger partial charge in [0.1, 0.15) is 6.04 Å². The molecule has 1 heterocycles. The molecule has 0 fully saturated rings. The Hall–Kier alpha value is -2.41. The molecule has 23 heavy (non-hydrogen) atoms. The first-order valence-electron chi connectivity index (χ1n) is 7.51. The summed E-state index contributed by atoms with van der Waals surface area (Å²) in [7, 11) is 5.52. The normalized spacial score (nSPS) is 16.4. The molecule has 0 unspecified atom stereocenters. The average Bonchev–Trinajstić information content (AvgIpc) is 2.76. The lowest BCUT2D eigenvalue weighted by molar-refractivity contribution is -0.140. The smallest absolute Gasteiger partial charge is 0.310 e. The lowest BCUT2D eigenvalue weighted by atomic mass is 10.1. The van der Waals surface area contributed by atoms with Crippen LogP contribution in [-0.4, -0.2) is 56.9 Å². The number of likely N-dealkylation sites (N-methyl/N-ethyl adjacent to an activating group) is 1. The van der Waals surface area contributed by atoms with E-state index in [0.717, 1.165) is 18.7 Å². The minimum absolute atomic E-state index is 0.250. The van der Waals surface area contributed by atoms with Crippen LogP contribution < -0.4 is 15.5 Å². The van der Waals surface area contributed by atoms with Gasteiger partial charge in [0.2, 0.25) is 0 Å². The largest absolute Gasteiger partial charge is 0.348 e. The predicted octanol–water partition coefficient (Wildman–Crippen LogP) is -0.112. The first-order chi connectivity index (χ1) is 10.9. The van der Waals surface area contributed by atoms with Gasteiger partial charge in [0.05, 0.1) is 0 Å². The van der Waals surface area contributed by atoms with Gasteiger partial charge < -0.3 is 20.4 Å². The Bertz CT molecular complexity index is 615. The lowest BCUT2D eigenvalue weighted by Gasteiger charge is -2.13. The molecular formula is C16H22N4O3. The van der Waals surface area contributed by atoms with Crippen molar-refractivity contribution in [3.05, 3.63) is 29.8 Å². The van der Waals surface area contributed by atoms with Gasteiger partial charge in [-0.25, -0.2) is 0 Å². The lowest BCUT2D eigenvalue weighted by Crippen LogP contribution is -2.44. The molecule has 7 heteroatoms. The van der Waals surface area contributed by atoms with Crippen LogP contribution in [0, 0.1) is 0 Å². The molecule has 0 bridgehead atoms. The molecule has 7 nitrogen and oxygen atoms in total. The van der Waals surface area contributed by atoms with Gasteiger partial charge in [-0.3, -0.25) is 14.4 Å². The first kappa shape index (κ1) is 17.0. The summed E-state index contributed by atoms with van der Waals surface area (Å²) in [5.74, 6) is -1.76. The summed E-state index contributed by atoms with van der Waals surface area (Å²) >= 11 is 0. The Morgan fingerprint density at radius 2 is 1.91 bits per heavy atom. The molecule has 3 amide bonds. The van der Waals surface area contributed by atoms with E-state index >= 15 is 0 Å². The molecule has 0 aromatic heterocycles. The second kappa shape index (κ2) is 7.23. The fraction of sp³-hybridized carbons (Fsp3) is 0.438. The number of benzene rings is 1. The van der Waals surface area contributed by atoms with E-state index in [-0.39, 0.29) is 5.91 Å². The Kier molecular flexibility index (Phi) is 5.33. The maximum absolute atomic E-state index is 12.2. The summed E-state index contributed by atoms with van der Waals surface area (Å²) < 4.78 is 0. The van der Waals surface area contributed by atoms with Crippen LogP contribution in [0.2, 0.25) is 0 Å². The second-order valence-corrected chi connectivity index (χ2v) is 5.78. The highest BCUT2D eigenvalue weighted by Crippen LogP contribution is 2.34. The maximum Gasteiger partial charge on any atom is 0.310 e. The van der Waals surface area contributed by atoms with E-state index in [4.69, 9.17) is 0 Å². The van der Waals surface area contributed by atoms with E-state index in [2.05, 4.69) is 10.6 Å². The Labute approximate surface area is 135 Å². The molecule has 1 aliphatic rings. The zero-order valence-electron chi connectivity index (χ0n) is 13.6.